The van der Waals surface area contributed by atoms with Crippen molar-refractivity contribution < 1.29 is 0 Å². The fraction of sp³-hybridized carbons (Fsp3) is 0.125. The molecule has 0 saturated heterocycles. The van der Waals surface area contributed by atoms with Gasteiger partial charge in [-0.3, -0.25) is 0 Å². The lowest BCUT2D eigenvalue weighted by molar-refractivity contribution is 1.41. The van der Waals surface area contributed by atoms with Gasteiger partial charge >= 0.3 is 0 Å². The molecule has 10 heavy (non-hydrogen) atoms. The molecule has 1 aromatic carbocycles. The van der Waals surface area contributed by atoms with Crippen LogP contribution in [0.5, 0.6) is 0 Å². The van der Waals surface area contributed by atoms with Gasteiger partial charge in [0.25, 0.3) is 0 Å². The van der Waals surface area contributed by atoms with Gasteiger partial charge in [0.2, 0.25) is 0 Å². The Balaban J connectivity index is 3.27. The van der Waals surface area contributed by atoms with Gasteiger partial charge < -0.3 is 5.41 Å². The average molecular weight is 198 g/mol. The molecule has 0 fully saturated rings. The van der Waals surface area contributed by atoms with E-state index in [1.165, 1.54) is 11.8 Å². The predicted molar refractivity (Wildman–Crippen MR) is 46.8 cm³/mol. The molecule has 0 aliphatic carbocycles. The zero-order valence-electron chi connectivity index (χ0n) is 5.69. The molecule has 0 amide bonds. The summed E-state index contributed by atoms with van der Waals surface area (Å²) in [6.07, 6.45) is 1.34. The van der Waals surface area contributed by atoms with Gasteiger partial charge in [-0.1, -0.05) is 18.2 Å². The summed E-state index contributed by atoms with van der Waals surface area (Å²) in [5.74, 6) is 0. The number of benzene rings is 1. The molecule has 1 nitrogen and oxygen atoms in total. The van der Waals surface area contributed by atoms with Crippen LogP contribution in [0.25, 0.3) is 0 Å². The highest BCUT2D eigenvalue weighted by atomic mass is 79.9. The van der Waals surface area contributed by atoms with E-state index >= 15 is 0 Å². The third-order valence-corrected chi connectivity index (χ3v) is 2.46. The second-order valence-electron chi connectivity index (χ2n) is 2.12. The first-order valence-corrected chi connectivity index (χ1v) is 3.80. The van der Waals surface area contributed by atoms with Gasteiger partial charge in [0.05, 0.1) is 0 Å². The van der Waals surface area contributed by atoms with E-state index in [0.29, 0.717) is 0 Å². The normalized spacial score (nSPS) is 9.40. The van der Waals surface area contributed by atoms with Crippen LogP contribution in [0.4, 0.5) is 0 Å². The van der Waals surface area contributed by atoms with Crippen LogP contribution in [-0.4, -0.2) is 6.21 Å². The van der Waals surface area contributed by atoms with Gasteiger partial charge in [-0.25, -0.2) is 0 Å². The second kappa shape index (κ2) is 2.97. The van der Waals surface area contributed by atoms with Crippen molar-refractivity contribution >= 4 is 22.1 Å². The number of nitrogens with one attached hydrogen (secondary N) is 1. The third kappa shape index (κ3) is 1.27. The molecule has 2 heteroatoms. The maximum atomic E-state index is 7.03. The van der Waals surface area contributed by atoms with Gasteiger partial charge in [-0.15, -0.1) is 0 Å². The lowest BCUT2D eigenvalue weighted by atomic mass is 10.2. The Morgan fingerprint density at radius 1 is 1.50 bits per heavy atom. The van der Waals surface area contributed by atoms with E-state index in [4.69, 9.17) is 5.41 Å². The molecule has 1 aromatic rings. The van der Waals surface area contributed by atoms with Gasteiger partial charge in [0.1, 0.15) is 0 Å². The van der Waals surface area contributed by atoms with Crippen molar-refractivity contribution in [3.63, 3.8) is 0 Å². The molecule has 0 spiro atoms. The molecular formula is C8H8BrN. The molecule has 0 radical (unpaired) electrons. The summed E-state index contributed by atoms with van der Waals surface area (Å²) in [6.45, 7) is 2.01. The Morgan fingerprint density at radius 3 is 2.70 bits per heavy atom. The maximum Gasteiger partial charge on any atom is 0.0292 e. The van der Waals surface area contributed by atoms with Crippen molar-refractivity contribution in [2.75, 3.05) is 0 Å². The molecule has 1 N–H and O–H groups in total. The van der Waals surface area contributed by atoms with Crippen LogP contribution >= 0.6 is 15.9 Å². The first kappa shape index (κ1) is 7.48. The van der Waals surface area contributed by atoms with Gasteiger partial charge in [-0.05, 0) is 28.4 Å². The number of halogens is 1. The Morgan fingerprint density at radius 2 is 2.20 bits per heavy atom. The highest BCUT2D eigenvalue weighted by Crippen LogP contribution is 2.18. The van der Waals surface area contributed by atoms with Crippen LogP contribution in [0.2, 0.25) is 0 Å². The molecule has 0 aromatic heterocycles. The molecule has 1 rings (SSSR count). The van der Waals surface area contributed by atoms with Gasteiger partial charge in [-0.2, -0.15) is 0 Å². The molecule has 0 bridgehead atoms. The minimum atomic E-state index is 0.931. The molecule has 0 saturated carbocycles. The standard InChI is InChI=1S/C8H8BrN/c1-6-3-2-4-7(5-10)8(6)9/h2-5,10H,1H3. The van der Waals surface area contributed by atoms with Crippen LogP contribution in [0.1, 0.15) is 11.1 Å². The van der Waals surface area contributed by atoms with Crippen LogP contribution in [0.3, 0.4) is 0 Å². The summed E-state index contributed by atoms with van der Waals surface area (Å²) in [7, 11) is 0. The molecule has 0 aliphatic heterocycles. The van der Waals surface area contributed by atoms with Crippen LogP contribution < -0.4 is 0 Å². The summed E-state index contributed by atoms with van der Waals surface area (Å²) in [6, 6.07) is 5.86. The first-order valence-electron chi connectivity index (χ1n) is 3.01. The van der Waals surface area contributed by atoms with Crippen LogP contribution in [0.15, 0.2) is 22.7 Å². The molecule has 52 valence electrons. The van der Waals surface area contributed by atoms with Crippen molar-refractivity contribution in [2.45, 2.75) is 6.92 Å². The van der Waals surface area contributed by atoms with Crippen molar-refractivity contribution in [3.8, 4) is 0 Å². The lowest BCUT2D eigenvalue weighted by Crippen LogP contribution is -1.83. The highest BCUT2D eigenvalue weighted by Gasteiger charge is 1.96. The van der Waals surface area contributed by atoms with E-state index in [2.05, 4.69) is 15.9 Å². The molecular weight excluding hydrogens is 190 g/mol. The molecule has 0 atom stereocenters. The number of rotatable bonds is 1. The fourth-order valence-corrected chi connectivity index (χ4v) is 1.16. The summed E-state index contributed by atoms with van der Waals surface area (Å²) in [4.78, 5) is 0. The maximum absolute atomic E-state index is 7.03. The lowest BCUT2D eigenvalue weighted by Gasteiger charge is -1.99. The Bertz CT molecular complexity index is 255. The monoisotopic (exact) mass is 197 g/mol. The molecule has 0 aliphatic rings. The first-order chi connectivity index (χ1) is 4.75. The summed E-state index contributed by atoms with van der Waals surface area (Å²) >= 11 is 3.39. The van der Waals surface area contributed by atoms with Gasteiger partial charge in [0, 0.05) is 16.3 Å². The van der Waals surface area contributed by atoms with Crippen molar-refractivity contribution in [3.05, 3.63) is 33.8 Å². The second-order valence-corrected chi connectivity index (χ2v) is 2.92. The average Bonchev–Trinajstić information content (AvgIpc) is 1.95. The molecule has 0 unspecified atom stereocenters. The Hall–Kier alpha value is -0.630. The Kier molecular flexibility index (Phi) is 2.22. The number of aryl methyl sites for hydroxylation is 1. The van der Waals surface area contributed by atoms with Crippen LogP contribution in [-0.2, 0) is 0 Å². The van der Waals surface area contributed by atoms with E-state index in [-0.39, 0.29) is 0 Å². The van der Waals surface area contributed by atoms with Crippen molar-refractivity contribution in [1.29, 1.82) is 5.41 Å². The number of hydrogen-bond acceptors (Lipinski definition) is 1. The zero-order chi connectivity index (χ0) is 7.56. The van der Waals surface area contributed by atoms with E-state index in [1.54, 1.807) is 0 Å². The highest BCUT2D eigenvalue weighted by molar-refractivity contribution is 9.10. The summed E-state index contributed by atoms with van der Waals surface area (Å²) in [5.41, 5.74) is 2.10. The predicted octanol–water partition coefficient (Wildman–Crippen LogP) is 2.76. The van der Waals surface area contributed by atoms with Gasteiger partial charge in [0.15, 0.2) is 0 Å². The number of hydrogen-bond donors (Lipinski definition) is 1. The van der Waals surface area contributed by atoms with Crippen LogP contribution in [0, 0.1) is 12.3 Å². The quantitative estimate of drug-likeness (QED) is 0.671. The summed E-state index contributed by atoms with van der Waals surface area (Å²) < 4.78 is 1.02. The largest absolute Gasteiger partial charge is 0.308 e. The SMILES string of the molecule is Cc1cccc(C=N)c1Br. The van der Waals surface area contributed by atoms with Crippen molar-refractivity contribution in [1.82, 2.24) is 0 Å². The third-order valence-electron chi connectivity index (χ3n) is 1.38. The van der Waals surface area contributed by atoms with E-state index in [1.807, 2.05) is 25.1 Å². The molecule has 0 heterocycles. The minimum Gasteiger partial charge on any atom is -0.308 e. The Labute approximate surface area is 68.7 Å². The zero-order valence-corrected chi connectivity index (χ0v) is 7.27. The fourth-order valence-electron chi connectivity index (χ4n) is 0.782. The minimum absolute atomic E-state index is 0.931. The van der Waals surface area contributed by atoms with Crippen molar-refractivity contribution in [2.24, 2.45) is 0 Å². The van der Waals surface area contributed by atoms with E-state index in [0.717, 1.165) is 10.0 Å². The van der Waals surface area contributed by atoms with E-state index < -0.39 is 0 Å². The summed E-state index contributed by atoms with van der Waals surface area (Å²) in [5, 5.41) is 7.03. The topological polar surface area (TPSA) is 23.9 Å². The smallest absolute Gasteiger partial charge is 0.0292 e. The van der Waals surface area contributed by atoms with E-state index in [9.17, 15) is 0 Å².